The zero-order chi connectivity index (χ0) is 13.7. The summed E-state index contributed by atoms with van der Waals surface area (Å²) >= 11 is 0. The minimum absolute atomic E-state index is 0.0601. The van der Waals surface area contributed by atoms with Crippen LogP contribution in [-0.4, -0.2) is 17.2 Å². The number of aliphatic hydroxyl groups excluding tert-OH is 1. The molecule has 0 bridgehead atoms. The molecule has 1 heterocycles. The molecule has 100 valence electrons. The van der Waals surface area contributed by atoms with Crippen molar-refractivity contribution in [1.82, 2.24) is 4.98 Å². The zero-order valence-corrected chi connectivity index (χ0v) is 11.1. The number of benzene rings is 1. The summed E-state index contributed by atoms with van der Waals surface area (Å²) < 4.78 is 10.9. The number of ether oxygens (including phenoxy) is 2. The molecule has 0 saturated heterocycles. The van der Waals surface area contributed by atoms with Crippen LogP contribution in [0.15, 0.2) is 36.4 Å². The number of hydrogen-bond donors (Lipinski definition) is 1. The lowest BCUT2D eigenvalue weighted by atomic mass is 10.2. The summed E-state index contributed by atoms with van der Waals surface area (Å²) in [5.74, 6) is 1.61. The minimum atomic E-state index is -0.0601. The number of aryl methyl sites for hydroxylation is 1. The van der Waals surface area contributed by atoms with Crippen LogP contribution in [0, 0.1) is 6.92 Å². The second-order valence-electron chi connectivity index (χ2n) is 4.20. The van der Waals surface area contributed by atoms with Gasteiger partial charge >= 0.3 is 0 Å². The van der Waals surface area contributed by atoms with Crippen molar-refractivity contribution >= 4 is 0 Å². The number of aliphatic hydroxyl groups is 1. The third-order valence-corrected chi connectivity index (χ3v) is 2.78. The maximum Gasteiger partial charge on any atom is 0.130 e. The molecule has 0 spiro atoms. The van der Waals surface area contributed by atoms with Gasteiger partial charge in [0.15, 0.2) is 0 Å². The first-order chi connectivity index (χ1) is 9.22. The van der Waals surface area contributed by atoms with E-state index in [1.807, 2.05) is 37.3 Å². The van der Waals surface area contributed by atoms with Gasteiger partial charge in [0.1, 0.15) is 18.1 Å². The molecule has 1 aromatic carbocycles. The number of aromatic nitrogens is 1. The van der Waals surface area contributed by atoms with E-state index in [9.17, 15) is 0 Å². The van der Waals surface area contributed by atoms with Gasteiger partial charge in [0, 0.05) is 0 Å². The molecule has 1 aromatic heterocycles. The fourth-order valence-corrected chi connectivity index (χ4v) is 1.76. The lowest BCUT2D eigenvalue weighted by molar-refractivity contribution is 0.272. The summed E-state index contributed by atoms with van der Waals surface area (Å²) in [5, 5.41) is 9.03. The van der Waals surface area contributed by atoms with E-state index in [4.69, 9.17) is 14.6 Å². The summed E-state index contributed by atoms with van der Waals surface area (Å²) in [7, 11) is 1.64. The summed E-state index contributed by atoms with van der Waals surface area (Å²) in [6, 6.07) is 11.2. The fraction of sp³-hybridized carbons (Fsp3) is 0.267. The molecule has 0 atom stereocenters. The Bertz CT molecular complexity index is 555. The van der Waals surface area contributed by atoms with Crippen molar-refractivity contribution in [2.75, 3.05) is 7.11 Å². The number of nitrogens with zero attached hydrogens (tertiary/aromatic N) is 1. The van der Waals surface area contributed by atoms with E-state index in [2.05, 4.69) is 4.98 Å². The van der Waals surface area contributed by atoms with E-state index >= 15 is 0 Å². The van der Waals surface area contributed by atoms with Crippen LogP contribution in [0.25, 0.3) is 0 Å². The highest BCUT2D eigenvalue weighted by molar-refractivity contribution is 5.39. The topological polar surface area (TPSA) is 51.6 Å². The van der Waals surface area contributed by atoms with Crippen molar-refractivity contribution in [3.63, 3.8) is 0 Å². The first-order valence-corrected chi connectivity index (χ1v) is 6.06. The van der Waals surface area contributed by atoms with Crippen LogP contribution in [0.5, 0.6) is 11.5 Å². The highest BCUT2D eigenvalue weighted by atomic mass is 16.5. The molecular weight excluding hydrogens is 242 g/mol. The standard InChI is InChI=1S/C15H17NO3/c1-11-8-14(18-2)6-7-15(11)19-10-13-5-3-4-12(9-17)16-13/h3-8,17H,9-10H2,1-2H3. The highest BCUT2D eigenvalue weighted by Crippen LogP contribution is 2.23. The summed E-state index contributed by atoms with van der Waals surface area (Å²) in [6.07, 6.45) is 0. The summed E-state index contributed by atoms with van der Waals surface area (Å²) in [5.41, 5.74) is 2.45. The van der Waals surface area contributed by atoms with E-state index in [-0.39, 0.29) is 6.61 Å². The van der Waals surface area contributed by atoms with Crippen LogP contribution in [-0.2, 0) is 13.2 Å². The molecule has 0 amide bonds. The SMILES string of the molecule is COc1ccc(OCc2cccc(CO)n2)c(C)c1. The van der Waals surface area contributed by atoms with Crippen molar-refractivity contribution in [2.24, 2.45) is 0 Å². The molecule has 0 aliphatic carbocycles. The third kappa shape index (κ3) is 3.45. The highest BCUT2D eigenvalue weighted by Gasteiger charge is 2.03. The normalized spacial score (nSPS) is 10.3. The van der Waals surface area contributed by atoms with Gasteiger partial charge < -0.3 is 14.6 Å². The van der Waals surface area contributed by atoms with Gasteiger partial charge in [-0.15, -0.1) is 0 Å². The Labute approximate surface area is 112 Å². The van der Waals surface area contributed by atoms with E-state index < -0.39 is 0 Å². The average molecular weight is 259 g/mol. The molecule has 4 nitrogen and oxygen atoms in total. The van der Waals surface area contributed by atoms with E-state index in [0.29, 0.717) is 12.3 Å². The summed E-state index contributed by atoms with van der Waals surface area (Å²) in [4.78, 5) is 4.27. The first kappa shape index (κ1) is 13.4. The number of methoxy groups -OCH3 is 1. The van der Waals surface area contributed by atoms with Gasteiger partial charge in [0.05, 0.1) is 25.1 Å². The lowest BCUT2D eigenvalue weighted by Crippen LogP contribution is -2.01. The van der Waals surface area contributed by atoms with Gasteiger partial charge in [-0.1, -0.05) is 6.07 Å². The van der Waals surface area contributed by atoms with E-state index in [0.717, 1.165) is 22.8 Å². The molecule has 0 aliphatic heterocycles. The van der Waals surface area contributed by atoms with Gasteiger partial charge in [0.25, 0.3) is 0 Å². The third-order valence-electron chi connectivity index (χ3n) is 2.78. The number of rotatable bonds is 5. The molecular formula is C15H17NO3. The van der Waals surface area contributed by atoms with Crippen LogP contribution in [0.4, 0.5) is 0 Å². The fourth-order valence-electron chi connectivity index (χ4n) is 1.76. The monoisotopic (exact) mass is 259 g/mol. The lowest BCUT2D eigenvalue weighted by Gasteiger charge is -2.10. The Morgan fingerprint density at radius 1 is 1.16 bits per heavy atom. The molecule has 0 aliphatic rings. The molecule has 0 unspecified atom stereocenters. The zero-order valence-electron chi connectivity index (χ0n) is 11.1. The first-order valence-electron chi connectivity index (χ1n) is 6.06. The van der Waals surface area contributed by atoms with E-state index in [1.54, 1.807) is 13.2 Å². The molecule has 0 saturated carbocycles. The minimum Gasteiger partial charge on any atom is -0.497 e. The van der Waals surface area contributed by atoms with Crippen molar-refractivity contribution in [3.05, 3.63) is 53.3 Å². The van der Waals surface area contributed by atoms with Crippen LogP contribution in [0.2, 0.25) is 0 Å². The molecule has 2 aromatic rings. The molecule has 0 radical (unpaired) electrons. The number of pyridine rings is 1. The largest absolute Gasteiger partial charge is 0.497 e. The van der Waals surface area contributed by atoms with Crippen LogP contribution in [0.3, 0.4) is 0 Å². The van der Waals surface area contributed by atoms with Gasteiger partial charge in [0.2, 0.25) is 0 Å². The van der Waals surface area contributed by atoms with E-state index in [1.165, 1.54) is 0 Å². The van der Waals surface area contributed by atoms with Crippen molar-refractivity contribution in [3.8, 4) is 11.5 Å². The average Bonchev–Trinajstić information content (AvgIpc) is 2.46. The molecule has 0 fully saturated rings. The Hall–Kier alpha value is -2.07. The van der Waals surface area contributed by atoms with Gasteiger partial charge in [-0.25, -0.2) is 0 Å². The molecule has 4 heteroatoms. The Morgan fingerprint density at radius 2 is 1.95 bits per heavy atom. The smallest absolute Gasteiger partial charge is 0.130 e. The second kappa shape index (κ2) is 6.20. The van der Waals surface area contributed by atoms with Gasteiger partial charge in [-0.05, 0) is 42.8 Å². The quantitative estimate of drug-likeness (QED) is 0.896. The Balaban J connectivity index is 2.05. The van der Waals surface area contributed by atoms with Crippen molar-refractivity contribution < 1.29 is 14.6 Å². The summed E-state index contributed by atoms with van der Waals surface area (Å²) in [6.45, 7) is 2.28. The predicted molar refractivity (Wildman–Crippen MR) is 72.2 cm³/mol. The predicted octanol–water partition coefficient (Wildman–Crippen LogP) is 2.47. The Kier molecular flexibility index (Phi) is 4.36. The van der Waals surface area contributed by atoms with Crippen LogP contribution < -0.4 is 9.47 Å². The van der Waals surface area contributed by atoms with Gasteiger partial charge in [-0.2, -0.15) is 0 Å². The van der Waals surface area contributed by atoms with Crippen molar-refractivity contribution in [2.45, 2.75) is 20.1 Å². The van der Waals surface area contributed by atoms with Crippen molar-refractivity contribution in [1.29, 1.82) is 0 Å². The second-order valence-corrected chi connectivity index (χ2v) is 4.20. The molecule has 1 N–H and O–H groups in total. The van der Waals surface area contributed by atoms with Crippen LogP contribution >= 0.6 is 0 Å². The maximum atomic E-state index is 9.03. The number of hydrogen-bond acceptors (Lipinski definition) is 4. The maximum absolute atomic E-state index is 9.03. The molecule has 19 heavy (non-hydrogen) atoms. The van der Waals surface area contributed by atoms with Crippen LogP contribution in [0.1, 0.15) is 17.0 Å². The van der Waals surface area contributed by atoms with Gasteiger partial charge in [-0.3, -0.25) is 4.98 Å². The molecule has 2 rings (SSSR count). The Morgan fingerprint density at radius 3 is 2.63 bits per heavy atom.